The third-order valence-electron chi connectivity index (χ3n) is 3.53. The van der Waals surface area contributed by atoms with E-state index in [-0.39, 0.29) is 0 Å². The second kappa shape index (κ2) is 8.27. The van der Waals surface area contributed by atoms with E-state index < -0.39 is 6.10 Å². The van der Waals surface area contributed by atoms with Crippen molar-refractivity contribution < 1.29 is 5.11 Å². The van der Waals surface area contributed by atoms with E-state index in [4.69, 9.17) is 0 Å². The van der Waals surface area contributed by atoms with Crippen molar-refractivity contribution in [1.29, 1.82) is 0 Å². The first kappa shape index (κ1) is 16.1. The Morgan fingerprint density at radius 1 is 1.19 bits per heavy atom. The molecule has 112 valence electrons. The van der Waals surface area contributed by atoms with Gasteiger partial charge in [-0.05, 0) is 42.8 Å². The van der Waals surface area contributed by atoms with Gasteiger partial charge in [-0.25, -0.2) is 0 Å². The van der Waals surface area contributed by atoms with Crippen LogP contribution in [0, 0.1) is 0 Å². The van der Waals surface area contributed by atoms with Crippen molar-refractivity contribution in [2.75, 3.05) is 13.1 Å². The van der Waals surface area contributed by atoms with Crippen LogP contribution in [-0.4, -0.2) is 28.1 Å². The largest absolute Gasteiger partial charge is 0.388 e. The van der Waals surface area contributed by atoms with Gasteiger partial charge in [-0.15, -0.1) is 0 Å². The standard InChI is InChI=1S/C17H21BrN2O/c1-2-20(13-16-5-3-4-11-19-16)12-10-17(21)14-6-8-15(18)9-7-14/h3-9,11,17,21H,2,10,12-13H2,1H3. The first-order valence-corrected chi connectivity index (χ1v) is 8.04. The molecule has 3 nitrogen and oxygen atoms in total. The van der Waals surface area contributed by atoms with Crippen LogP contribution < -0.4 is 0 Å². The van der Waals surface area contributed by atoms with E-state index in [1.165, 1.54) is 0 Å². The van der Waals surface area contributed by atoms with E-state index in [0.29, 0.717) is 0 Å². The third kappa shape index (κ3) is 5.23. The fourth-order valence-electron chi connectivity index (χ4n) is 2.23. The molecule has 0 aliphatic heterocycles. The fourth-order valence-corrected chi connectivity index (χ4v) is 2.49. The molecular formula is C17H21BrN2O. The second-order valence-electron chi connectivity index (χ2n) is 5.05. The van der Waals surface area contributed by atoms with Crippen LogP contribution in [0.25, 0.3) is 0 Å². The number of aromatic nitrogens is 1. The molecule has 1 heterocycles. The average molecular weight is 349 g/mol. The summed E-state index contributed by atoms with van der Waals surface area (Å²) in [6, 6.07) is 13.8. The zero-order valence-corrected chi connectivity index (χ0v) is 13.8. The Labute approximate surface area is 134 Å². The van der Waals surface area contributed by atoms with Gasteiger partial charge in [0.25, 0.3) is 0 Å². The van der Waals surface area contributed by atoms with E-state index in [0.717, 1.165) is 41.8 Å². The van der Waals surface area contributed by atoms with Crippen molar-refractivity contribution >= 4 is 15.9 Å². The molecule has 1 N–H and O–H groups in total. The van der Waals surface area contributed by atoms with Crippen molar-refractivity contribution in [1.82, 2.24) is 9.88 Å². The van der Waals surface area contributed by atoms with E-state index in [2.05, 4.69) is 32.7 Å². The SMILES string of the molecule is CCN(CCC(O)c1ccc(Br)cc1)Cc1ccccn1. The lowest BCUT2D eigenvalue weighted by atomic mass is 10.1. The van der Waals surface area contributed by atoms with Crippen molar-refractivity contribution in [2.24, 2.45) is 0 Å². The molecule has 1 atom stereocenters. The molecule has 0 aliphatic rings. The highest BCUT2D eigenvalue weighted by atomic mass is 79.9. The minimum atomic E-state index is -0.420. The molecular weight excluding hydrogens is 328 g/mol. The van der Waals surface area contributed by atoms with Gasteiger partial charge in [0.1, 0.15) is 0 Å². The van der Waals surface area contributed by atoms with Crippen molar-refractivity contribution in [2.45, 2.75) is 26.0 Å². The van der Waals surface area contributed by atoms with Crippen LogP contribution in [0.1, 0.15) is 30.7 Å². The number of rotatable bonds is 7. The lowest BCUT2D eigenvalue weighted by Crippen LogP contribution is -2.25. The molecule has 0 amide bonds. The molecule has 0 aliphatic carbocycles. The Hall–Kier alpha value is -1.23. The van der Waals surface area contributed by atoms with Crippen LogP contribution in [0.4, 0.5) is 0 Å². The number of nitrogens with zero attached hydrogens (tertiary/aromatic N) is 2. The summed E-state index contributed by atoms with van der Waals surface area (Å²) in [7, 11) is 0. The summed E-state index contributed by atoms with van der Waals surface area (Å²) in [5.41, 5.74) is 2.03. The summed E-state index contributed by atoms with van der Waals surface area (Å²) in [6.45, 7) is 4.76. The monoisotopic (exact) mass is 348 g/mol. The van der Waals surface area contributed by atoms with Crippen LogP contribution in [0.3, 0.4) is 0 Å². The molecule has 0 spiro atoms. The van der Waals surface area contributed by atoms with Gasteiger partial charge in [0.05, 0.1) is 11.8 Å². The Bertz CT molecular complexity index is 530. The summed E-state index contributed by atoms with van der Waals surface area (Å²) < 4.78 is 1.03. The van der Waals surface area contributed by atoms with Crippen molar-refractivity contribution in [3.05, 3.63) is 64.4 Å². The molecule has 2 aromatic rings. The maximum atomic E-state index is 10.3. The summed E-state index contributed by atoms with van der Waals surface area (Å²) >= 11 is 3.41. The fraction of sp³-hybridized carbons (Fsp3) is 0.353. The lowest BCUT2D eigenvalue weighted by Gasteiger charge is -2.21. The molecule has 0 saturated carbocycles. The van der Waals surface area contributed by atoms with Gasteiger partial charge in [0.2, 0.25) is 0 Å². The summed E-state index contributed by atoms with van der Waals surface area (Å²) in [5, 5.41) is 10.3. The first-order chi connectivity index (χ1) is 10.2. The van der Waals surface area contributed by atoms with Gasteiger partial charge in [0.15, 0.2) is 0 Å². The van der Waals surface area contributed by atoms with Gasteiger partial charge in [-0.2, -0.15) is 0 Å². The highest BCUT2D eigenvalue weighted by Gasteiger charge is 2.11. The number of aliphatic hydroxyl groups is 1. The minimum Gasteiger partial charge on any atom is -0.388 e. The zero-order chi connectivity index (χ0) is 15.1. The van der Waals surface area contributed by atoms with Crippen molar-refractivity contribution in [3.8, 4) is 0 Å². The van der Waals surface area contributed by atoms with Gasteiger partial charge in [-0.1, -0.05) is 41.1 Å². The smallest absolute Gasteiger partial charge is 0.0802 e. The van der Waals surface area contributed by atoms with Gasteiger partial charge < -0.3 is 5.11 Å². The molecule has 0 bridgehead atoms. The Kier molecular flexibility index (Phi) is 6.36. The van der Waals surface area contributed by atoms with E-state index in [1.807, 2.05) is 48.7 Å². The number of halogens is 1. The normalized spacial score (nSPS) is 12.6. The number of benzene rings is 1. The summed E-state index contributed by atoms with van der Waals surface area (Å²) in [6.07, 6.45) is 2.12. The Morgan fingerprint density at radius 3 is 2.57 bits per heavy atom. The van der Waals surface area contributed by atoms with Crippen LogP contribution >= 0.6 is 15.9 Å². The maximum absolute atomic E-state index is 10.3. The minimum absolute atomic E-state index is 0.420. The van der Waals surface area contributed by atoms with Gasteiger partial charge in [-0.3, -0.25) is 9.88 Å². The topological polar surface area (TPSA) is 36.4 Å². The van der Waals surface area contributed by atoms with Crippen LogP contribution in [0.15, 0.2) is 53.1 Å². The predicted molar refractivity (Wildman–Crippen MR) is 88.9 cm³/mol. The van der Waals surface area contributed by atoms with E-state index >= 15 is 0 Å². The number of pyridine rings is 1. The Morgan fingerprint density at radius 2 is 1.95 bits per heavy atom. The number of hydrogen-bond donors (Lipinski definition) is 1. The van der Waals surface area contributed by atoms with Gasteiger partial charge in [0, 0.05) is 23.8 Å². The average Bonchev–Trinajstić information content (AvgIpc) is 2.52. The number of hydrogen-bond acceptors (Lipinski definition) is 3. The molecule has 4 heteroatoms. The predicted octanol–water partition coefficient (Wildman–Crippen LogP) is 3.79. The molecule has 1 unspecified atom stereocenters. The molecule has 0 fully saturated rings. The molecule has 21 heavy (non-hydrogen) atoms. The van der Waals surface area contributed by atoms with Crippen LogP contribution in [0.2, 0.25) is 0 Å². The highest BCUT2D eigenvalue weighted by Crippen LogP contribution is 2.20. The number of aliphatic hydroxyl groups excluding tert-OH is 1. The van der Waals surface area contributed by atoms with E-state index in [9.17, 15) is 5.11 Å². The molecule has 1 aromatic carbocycles. The van der Waals surface area contributed by atoms with Gasteiger partial charge >= 0.3 is 0 Å². The maximum Gasteiger partial charge on any atom is 0.0802 e. The lowest BCUT2D eigenvalue weighted by molar-refractivity contribution is 0.141. The molecule has 1 aromatic heterocycles. The zero-order valence-electron chi connectivity index (χ0n) is 12.2. The second-order valence-corrected chi connectivity index (χ2v) is 5.96. The molecule has 0 radical (unpaired) electrons. The molecule has 2 rings (SSSR count). The van der Waals surface area contributed by atoms with Crippen molar-refractivity contribution in [3.63, 3.8) is 0 Å². The Balaban J connectivity index is 1.86. The van der Waals surface area contributed by atoms with E-state index in [1.54, 1.807) is 0 Å². The van der Waals surface area contributed by atoms with Crippen LogP contribution in [0.5, 0.6) is 0 Å². The van der Waals surface area contributed by atoms with Crippen LogP contribution in [-0.2, 0) is 6.54 Å². The first-order valence-electron chi connectivity index (χ1n) is 7.25. The highest BCUT2D eigenvalue weighted by molar-refractivity contribution is 9.10. The quantitative estimate of drug-likeness (QED) is 0.826. The molecule has 0 saturated heterocycles. The third-order valence-corrected chi connectivity index (χ3v) is 4.06. The summed E-state index contributed by atoms with van der Waals surface area (Å²) in [4.78, 5) is 6.65. The summed E-state index contributed by atoms with van der Waals surface area (Å²) in [5.74, 6) is 0.